The minimum Gasteiger partial charge on any atom is -0.379 e. The number of hydrogen-bond acceptors (Lipinski definition) is 7. The van der Waals surface area contributed by atoms with E-state index in [4.69, 9.17) is 14.7 Å². The van der Waals surface area contributed by atoms with Crippen molar-refractivity contribution < 1.29 is 4.74 Å². The molecule has 1 aliphatic carbocycles. The highest BCUT2D eigenvalue weighted by Crippen LogP contribution is 2.41. The number of fused-ring (bicyclic) bond motifs is 3. The largest absolute Gasteiger partial charge is 0.379 e. The highest BCUT2D eigenvalue weighted by Gasteiger charge is 2.25. The third-order valence-corrected chi connectivity index (χ3v) is 7.59. The van der Waals surface area contributed by atoms with Crippen LogP contribution in [0, 0.1) is 5.92 Å². The van der Waals surface area contributed by atoms with Crippen LogP contribution in [-0.2, 0) is 30.5 Å². The van der Waals surface area contributed by atoms with Crippen LogP contribution in [0.25, 0.3) is 10.2 Å². The van der Waals surface area contributed by atoms with Crippen molar-refractivity contribution in [3.8, 4) is 0 Å². The molecule has 164 valence electrons. The van der Waals surface area contributed by atoms with E-state index in [1.807, 2.05) is 23.6 Å². The predicted octanol–water partition coefficient (Wildman–Crippen LogP) is 3.72. The molecule has 0 saturated carbocycles. The summed E-state index contributed by atoms with van der Waals surface area (Å²) in [7, 11) is 2.17. The topological polar surface area (TPSA) is 54.4 Å². The fourth-order valence-electron chi connectivity index (χ4n) is 4.61. The van der Waals surface area contributed by atoms with Crippen LogP contribution in [0.15, 0.2) is 24.4 Å². The van der Waals surface area contributed by atoms with Gasteiger partial charge >= 0.3 is 0 Å². The van der Waals surface area contributed by atoms with E-state index in [2.05, 4.69) is 40.9 Å². The Kier molecular flexibility index (Phi) is 6.16. The highest BCUT2D eigenvalue weighted by atomic mass is 32.1. The lowest BCUT2D eigenvalue weighted by atomic mass is 9.89. The van der Waals surface area contributed by atoms with Gasteiger partial charge in [-0.05, 0) is 42.9 Å². The van der Waals surface area contributed by atoms with E-state index in [1.54, 1.807) is 0 Å². The molecular weight excluding hydrogens is 406 g/mol. The number of anilines is 1. The summed E-state index contributed by atoms with van der Waals surface area (Å²) in [5.41, 5.74) is 2.62. The Morgan fingerprint density at radius 3 is 2.90 bits per heavy atom. The van der Waals surface area contributed by atoms with Gasteiger partial charge in [-0.3, -0.25) is 9.88 Å². The summed E-state index contributed by atoms with van der Waals surface area (Å²) in [6.07, 6.45) is 6.35. The molecule has 4 heterocycles. The zero-order valence-electron chi connectivity index (χ0n) is 18.5. The first-order valence-electron chi connectivity index (χ1n) is 11.4. The van der Waals surface area contributed by atoms with E-state index in [0.717, 1.165) is 80.3 Å². The Morgan fingerprint density at radius 1 is 1.23 bits per heavy atom. The number of ether oxygens (including phenoxy) is 1. The standard InChI is InChI=1S/C24H31N5OS/c1-17-6-7-19-20(15-17)31-24-22(19)23(28(2)10-8-18-5-3-4-9-25-18)26-21(27-24)16-29-11-13-30-14-12-29/h3-5,9,17H,6-8,10-16H2,1-2H3. The third-order valence-electron chi connectivity index (χ3n) is 6.44. The first kappa shape index (κ1) is 20.8. The number of thiophene rings is 1. The van der Waals surface area contributed by atoms with Gasteiger partial charge < -0.3 is 9.64 Å². The maximum atomic E-state index is 5.51. The van der Waals surface area contributed by atoms with E-state index < -0.39 is 0 Å². The minimum atomic E-state index is 0.756. The van der Waals surface area contributed by atoms with Crippen molar-refractivity contribution in [2.24, 2.45) is 5.92 Å². The number of nitrogens with zero attached hydrogens (tertiary/aromatic N) is 5. The second-order valence-corrected chi connectivity index (χ2v) is 9.96. The molecule has 7 heteroatoms. The fraction of sp³-hybridized carbons (Fsp3) is 0.542. The van der Waals surface area contributed by atoms with Gasteiger partial charge in [-0.2, -0.15) is 0 Å². The molecule has 0 spiro atoms. The van der Waals surface area contributed by atoms with E-state index in [1.165, 1.54) is 28.7 Å². The van der Waals surface area contributed by atoms with Gasteiger partial charge in [0, 0.05) is 49.9 Å². The molecule has 1 saturated heterocycles. The van der Waals surface area contributed by atoms with Crippen molar-refractivity contribution in [1.82, 2.24) is 19.9 Å². The van der Waals surface area contributed by atoms with E-state index in [9.17, 15) is 0 Å². The molecular formula is C24H31N5OS. The minimum absolute atomic E-state index is 0.756. The van der Waals surface area contributed by atoms with Gasteiger partial charge in [-0.15, -0.1) is 11.3 Å². The lowest BCUT2D eigenvalue weighted by molar-refractivity contribution is 0.0331. The maximum Gasteiger partial charge on any atom is 0.146 e. The Bertz CT molecular complexity index is 1030. The molecule has 6 nitrogen and oxygen atoms in total. The van der Waals surface area contributed by atoms with Crippen molar-refractivity contribution in [1.29, 1.82) is 0 Å². The van der Waals surface area contributed by atoms with Crippen molar-refractivity contribution in [3.05, 3.63) is 46.4 Å². The lowest BCUT2D eigenvalue weighted by Crippen LogP contribution is -2.36. The average Bonchev–Trinajstić information content (AvgIpc) is 3.15. The number of hydrogen-bond donors (Lipinski definition) is 0. The molecule has 3 aromatic heterocycles. The lowest BCUT2D eigenvalue weighted by Gasteiger charge is -2.26. The number of morpholine rings is 1. The summed E-state index contributed by atoms with van der Waals surface area (Å²) >= 11 is 1.89. The zero-order chi connectivity index (χ0) is 21.2. The Labute approximate surface area is 188 Å². The summed E-state index contributed by atoms with van der Waals surface area (Å²) in [5, 5.41) is 1.29. The Hall–Kier alpha value is -2.09. The molecule has 1 unspecified atom stereocenters. The van der Waals surface area contributed by atoms with Crippen molar-refractivity contribution >= 4 is 27.4 Å². The number of aromatic nitrogens is 3. The maximum absolute atomic E-state index is 5.51. The first-order chi connectivity index (χ1) is 15.2. The normalized spacial score (nSPS) is 19.5. The molecule has 0 radical (unpaired) electrons. The second kappa shape index (κ2) is 9.18. The van der Waals surface area contributed by atoms with Gasteiger partial charge in [-0.25, -0.2) is 9.97 Å². The third kappa shape index (κ3) is 4.59. The SMILES string of the molecule is CC1CCc2c(sc3nc(CN4CCOCC4)nc(N(C)CCc4ccccn4)c23)C1. The van der Waals surface area contributed by atoms with Crippen LogP contribution < -0.4 is 4.90 Å². The van der Waals surface area contributed by atoms with Gasteiger partial charge in [0.15, 0.2) is 0 Å². The van der Waals surface area contributed by atoms with Crippen molar-refractivity contribution in [2.75, 3.05) is 44.8 Å². The number of likely N-dealkylation sites (N-methyl/N-ethyl adjacent to an activating group) is 1. The van der Waals surface area contributed by atoms with Crippen LogP contribution in [-0.4, -0.2) is 59.7 Å². The fourth-order valence-corrected chi connectivity index (χ4v) is 6.00. The molecule has 0 N–H and O–H groups in total. The molecule has 0 bridgehead atoms. The smallest absolute Gasteiger partial charge is 0.146 e. The Morgan fingerprint density at radius 2 is 2.10 bits per heavy atom. The molecule has 3 aromatic rings. The van der Waals surface area contributed by atoms with E-state index in [0.29, 0.717) is 0 Å². The van der Waals surface area contributed by atoms with E-state index >= 15 is 0 Å². The van der Waals surface area contributed by atoms with Crippen LogP contribution in [0.2, 0.25) is 0 Å². The molecule has 1 fully saturated rings. The summed E-state index contributed by atoms with van der Waals surface area (Å²) in [4.78, 5) is 22.1. The van der Waals surface area contributed by atoms with Crippen LogP contribution in [0.3, 0.4) is 0 Å². The monoisotopic (exact) mass is 437 g/mol. The summed E-state index contributed by atoms with van der Waals surface area (Å²) in [5.74, 6) is 2.78. The van der Waals surface area contributed by atoms with Gasteiger partial charge in [0.25, 0.3) is 0 Å². The van der Waals surface area contributed by atoms with Gasteiger partial charge in [0.1, 0.15) is 16.5 Å². The van der Waals surface area contributed by atoms with Crippen LogP contribution in [0.1, 0.15) is 35.3 Å². The summed E-state index contributed by atoms with van der Waals surface area (Å²) in [6.45, 7) is 7.53. The second-order valence-electron chi connectivity index (χ2n) is 8.88. The predicted molar refractivity (Wildman–Crippen MR) is 126 cm³/mol. The molecule has 1 aliphatic heterocycles. The highest BCUT2D eigenvalue weighted by molar-refractivity contribution is 7.19. The van der Waals surface area contributed by atoms with Crippen LogP contribution >= 0.6 is 11.3 Å². The van der Waals surface area contributed by atoms with Crippen LogP contribution in [0.5, 0.6) is 0 Å². The average molecular weight is 438 g/mol. The molecule has 0 aromatic carbocycles. The number of pyridine rings is 1. The van der Waals surface area contributed by atoms with Crippen molar-refractivity contribution in [3.63, 3.8) is 0 Å². The zero-order valence-corrected chi connectivity index (χ0v) is 19.3. The molecule has 0 amide bonds. The molecule has 1 atom stereocenters. The first-order valence-corrected chi connectivity index (χ1v) is 12.2. The van der Waals surface area contributed by atoms with Gasteiger partial charge in [0.05, 0.1) is 25.1 Å². The molecule has 5 rings (SSSR count). The van der Waals surface area contributed by atoms with Crippen molar-refractivity contribution in [2.45, 2.75) is 39.2 Å². The van der Waals surface area contributed by atoms with E-state index in [-0.39, 0.29) is 0 Å². The van der Waals surface area contributed by atoms with Gasteiger partial charge in [-0.1, -0.05) is 13.0 Å². The molecule has 2 aliphatic rings. The quantitative estimate of drug-likeness (QED) is 0.586. The summed E-state index contributed by atoms with van der Waals surface area (Å²) in [6, 6.07) is 6.13. The number of rotatable bonds is 6. The summed E-state index contributed by atoms with van der Waals surface area (Å²) < 4.78 is 5.51. The number of aryl methyl sites for hydroxylation is 1. The van der Waals surface area contributed by atoms with Crippen LogP contribution in [0.4, 0.5) is 5.82 Å². The van der Waals surface area contributed by atoms with Gasteiger partial charge in [0.2, 0.25) is 0 Å². The molecule has 31 heavy (non-hydrogen) atoms. The Balaban J connectivity index is 1.48.